The molecule has 0 atom stereocenters. The second-order valence-electron chi connectivity index (χ2n) is 10.7. The van der Waals surface area contributed by atoms with Crippen LogP contribution in [0.2, 0.25) is 0 Å². The molecule has 1 saturated carbocycles. The lowest BCUT2D eigenvalue weighted by Gasteiger charge is -2.39. The summed E-state index contributed by atoms with van der Waals surface area (Å²) in [6.45, 7) is 7.74. The summed E-state index contributed by atoms with van der Waals surface area (Å²) in [6, 6.07) is 5.87. The van der Waals surface area contributed by atoms with Gasteiger partial charge in [-0.1, -0.05) is 19.3 Å². The van der Waals surface area contributed by atoms with Crippen LogP contribution in [0.25, 0.3) is 21.8 Å². The highest BCUT2D eigenvalue weighted by atomic mass is 16.6. The molecule has 1 aliphatic rings. The van der Waals surface area contributed by atoms with E-state index in [-0.39, 0.29) is 24.9 Å². The predicted molar refractivity (Wildman–Crippen MR) is 145 cm³/mol. The summed E-state index contributed by atoms with van der Waals surface area (Å²) in [5.41, 5.74) is 0.709. The van der Waals surface area contributed by atoms with Gasteiger partial charge in [0, 0.05) is 25.0 Å². The number of hydrogen-bond acceptors (Lipinski definition) is 8. The SMILES string of the molecule is CCN(C(=O)Cn1ncc2c(OCC(=O)OC(C)(C)C)nc3ccc(OC)cc3c21)N(C)C1CCCCC1. The number of carbonyl (C=O) groups excluding carboxylic acids is 2. The highest BCUT2D eigenvalue weighted by molar-refractivity contribution is 6.06. The molecule has 1 aromatic carbocycles. The van der Waals surface area contributed by atoms with Crippen LogP contribution in [0, 0.1) is 0 Å². The Morgan fingerprint density at radius 1 is 1.13 bits per heavy atom. The standard InChI is InChI=1S/C28H39N5O5/c1-7-33(31(5)19-11-9-8-10-12-19)24(34)17-32-26-21-15-20(36-6)13-14-23(21)30-27(22(26)16-29-32)37-18-25(35)38-28(2,3)4/h13-16,19H,7-12,17-18H2,1-6H3. The number of hydrogen-bond donors (Lipinski definition) is 0. The van der Waals surface area contributed by atoms with Gasteiger partial charge in [-0.3, -0.25) is 14.5 Å². The number of likely N-dealkylation sites (N-methyl/N-ethyl adjacent to an activating group) is 1. The summed E-state index contributed by atoms with van der Waals surface area (Å²) in [7, 11) is 3.61. The van der Waals surface area contributed by atoms with Crippen molar-refractivity contribution >= 4 is 33.7 Å². The molecule has 10 heteroatoms. The molecule has 0 saturated heterocycles. The number of pyridine rings is 1. The minimum absolute atomic E-state index is 0.0466. The van der Waals surface area contributed by atoms with E-state index in [4.69, 9.17) is 14.2 Å². The molecule has 10 nitrogen and oxygen atoms in total. The van der Waals surface area contributed by atoms with Gasteiger partial charge in [-0.05, 0) is 58.7 Å². The zero-order chi connectivity index (χ0) is 27.4. The number of ether oxygens (including phenoxy) is 3. The number of fused-ring (bicyclic) bond motifs is 3. The Balaban J connectivity index is 1.67. The molecule has 0 bridgehead atoms. The number of esters is 1. The van der Waals surface area contributed by atoms with Crippen LogP contribution in [-0.4, -0.2) is 75.6 Å². The zero-order valence-corrected chi connectivity index (χ0v) is 23.3. The van der Waals surface area contributed by atoms with Gasteiger partial charge in [-0.2, -0.15) is 5.10 Å². The smallest absolute Gasteiger partial charge is 0.344 e. The van der Waals surface area contributed by atoms with Gasteiger partial charge in [0.05, 0.1) is 29.7 Å². The topological polar surface area (TPSA) is 99.0 Å². The maximum atomic E-state index is 13.6. The van der Waals surface area contributed by atoms with Gasteiger partial charge in [0.25, 0.3) is 5.91 Å². The van der Waals surface area contributed by atoms with Gasteiger partial charge < -0.3 is 14.2 Å². The van der Waals surface area contributed by atoms with Gasteiger partial charge in [-0.25, -0.2) is 14.8 Å². The lowest BCUT2D eigenvalue weighted by Crippen LogP contribution is -2.50. The fourth-order valence-electron chi connectivity index (χ4n) is 5.09. The van der Waals surface area contributed by atoms with Crippen molar-refractivity contribution in [1.29, 1.82) is 0 Å². The first-order valence-corrected chi connectivity index (χ1v) is 13.3. The molecule has 1 amide bonds. The minimum Gasteiger partial charge on any atom is -0.497 e. The quantitative estimate of drug-likeness (QED) is 0.301. The molecule has 3 aromatic rings. The summed E-state index contributed by atoms with van der Waals surface area (Å²) < 4.78 is 18.3. The van der Waals surface area contributed by atoms with E-state index in [1.54, 1.807) is 38.8 Å². The molecule has 0 unspecified atom stereocenters. The van der Waals surface area contributed by atoms with E-state index in [0.717, 1.165) is 18.2 Å². The monoisotopic (exact) mass is 525 g/mol. The summed E-state index contributed by atoms with van der Waals surface area (Å²) in [6.07, 6.45) is 7.46. The second-order valence-corrected chi connectivity index (χ2v) is 10.7. The van der Waals surface area contributed by atoms with E-state index in [1.807, 2.05) is 37.2 Å². The molecular formula is C28H39N5O5. The molecule has 0 aliphatic heterocycles. The highest BCUT2D eigenvalue weighted by Gasteiger charge is 2.27. The van der Waals surface area contributed by atoms with E-state index in [0.29, 0.717) is 34.8 Å². The van der Waals surface area contributed by atoms with Crippen LogP contribution in [-0.2, 0) is 20.9 Å². The summed E-state index contributed by atoms with van der Waals surface area (Å²) in [4.78, 5) is 30.5. The van der Waals surface area contributed by atoms with E-state index in [9.17, 15) is 9.59 Å². The van der Waals surface area contributed by atoms with E-state index < -0.39 is 11.6 Å². The molecule has 0 N–H and O–H groups in total. The first-order valence-electron chi connectivity index (χ1n) is 13.3. The Labute approximate surface area is 223 Å². The lowest BCUT2D eigenvalue weighted by atomic mass is 9.95. The average Bonchev–Trinajstić information content (AvgIpc) is 3.30. The molecule has 0 spiro atoms. The second kappa shape index (κ2) is 11.6. The van der Waals surface area contributed by atoms with Gasteiger partial charge in [0.1, 0.15) is 17.9 Å². The molecule has 4 rings (SSSR count). The van der Waals surface area contributed by atoms with Crippen molar-refractivity contribution in [2.24, 2.45) is 0 Å². The number of aromatic nitrogens is 3. The third kappa shape index (κ3) is 6.18. The predicted octanol–water partition coefficient (Wildman–Crippen LogP) is 4.34. The zero-order valence-electron chi connectivity index (χ0n) is 23.3. The molecule has 1 fully saturated rings. The number of methoxy groups -OCH3 is 1. The van der Waals surface area contributed by atoms with E-state index in [1.165, 1.54) is 19.3 Å². The van der Waals surface area contributed by atoms with Crippen LogP contribution in [0.3, 0.4) is 0 Å². The Kier molecular flexibility index (Phi) is 8.40. The van der Waals surface area contributed by atoms with E-state index >= 15 is 0 Å². The number of nitrogens with zero attached hydrogens (tertiary/aromatic N) is 5. The van der Waals surface area contributed by atoms with Crippen molar-refractivity contribution in [2.45, 2.75) is 78.0 Å². The number of rotatable bonds is 9. The lowest BCUT2D eigenvalue weighted by molar-refractivity contribution is -0.157. The average molecular weight is 526 g/mol. The highest BCUT2D eigenvalue weighted by Crippen LogP contribution is 2.33. The van der Waals surface area contributed by atoms with Crippen molar-refractivity contribution < 1.29 is 23.8 Å². The summed E-state index contributed by atoms with van der Waals surface area (Å²) in [5.74, 6) is 0.382. The molecule has 2 aromatic heterocycles. The van der Waals surface area contributed by atoms with Crippen molar-refractivity contribution in [3.05, 3.63) is 24.4 Å². The third-order valence-corrected chi connectivity index (χ3v) is 6.85. The van der Waals surface area contributed by atoms with Gasteiger partial charge in [0.2, 0.25) is 5.88 Å². The van der Waals surface area contributed by atoms with Crippen LogP contribution >= 0.6 is 0 Å². The molecule has 2 heterocycles. The first kappa shape index (κ1) is 27.6. The summed E-state index contributed by atoms with van der Waals surface area (Å²) >= 11 is 0. The Hall–Kier alpha value is -3.40. The molecule has 38 heavy (non-hydrogen) atoms. The van der Waals surface area contributed by atoms with Crippen LogP contribution < -0.4 is 9.47 Å². The Morgan fingerprint density at radius 3 is 2.53 bits per heavy atom. The van der Waals surface area contributed by atoms with Crippen molar-refractivity contribution in [3.63, 3.8) is 0 Å². The fourth-order valence-corrected chi connectivity index (χ4v) is 5.09. The number of amides is 1. The van der Waals surface area contributed by atoms with Crippen molar-refractivity contribution in [2.75, 3.05) is 27.3 Å². The first-order chi connectivity index (χ1) is 18.1. The van der Waals surface area contributed by atoms with Crippen LogP contribution in [0.5, 0.6) is 11.6 Å². The van der Waals surface area contributed by atoms with Crippen LogP contribution in [0.4, 0.5) is 0 Å². The number of hydrazine groups is 1. The molecule has 1 aliphatic carbocycles. The fraction of sp³-hybridized carbons (Fsp3) is 0.571. The largest absolute Gasteiger partial charge is 0.497 e. The van der Waals surface area contributed by atoms with Gasteiger partial charge >= 0.3 is 5.97 Å². The Morgan fingerprint density at radius 2 is 1.87 bits per heavy atom. The van der Waals surface area contributed by atoms with Crippen LogP contribution in [0.1, 0.15) is 59.8 Å². The molecule has 0 radical (unpaired) electrons. The third-order valence-electron chi connectivity index (χ3n) is 6.85. The maximum absolute atomic E-state index is 13.6. The van der Waals surface area contributed by atoms with E-state index in [2.05, 4.69) is 15.1 Å². The van der Waals surface area contributed by atoms with Crippen molar-refractivity contribution in [3.8, 4) is 11.6 Å². The maximum Gasteiger partial charge on any atom is 0.344 e. The normalized spacial score (nSPS) is 14.7. The molecule has 206 valence electrons. The van der Waals surface area contributed by atoms with Gasteiger partial charge in [0.15, 0.2) is 6.61 Å². The van der Waals surface area contributed by atoms with Crippen LogP contribution in [0.15, 0.2) is 24.4 Å². The van der Waals surface area contributed by atoms with Gasteiger partial charge in [-0.15, -0.1) is 0 Å². The minimum atomic E-state index is -0.621. The number of benzene rings is 1. The molecular weight excluding hydrogens is 486 g/mol. The Bertz CT molecular complexity index is 1290. The number of carbonyl (C=O) groups is 2. The summed E-state index contributed by atoms with van der Waals surface area (Å²) in [5, 5.41) is 9.84. The van der Waals surface area contributed by atoms with Crippen molar-refractivity contribution in [1.82, 2.24) is 24.8 Å².